The number of aromatic nitrogens is 6. The van der Waals surface area contributed by atoms with Gasteiger partial charge in [0.2, 0.25) is 0 Å². The molecule has 135 heavy (non-hydrogen) atoms. The summed E-state index contributed by atoms with van der Waals surface area (Å²) in [4.78, 5) is 15.6. The summed E-state index contributed by atoms with van der Waals surface area (Å²) in [5.41, 5.74) is 47.2. The summed E-state index contributed by atoms with van der Waals surface area (Å²) in [5, 5.41) is 12.0. The zero-order chi connectivity index (χ0) is 98.0. The van der Waals surface area contributed by atoms with Gasteiger partial charge in [0, 0.05) is 32.3 Å². The summed E-state index contributed by atoms with van der Waals surface area (Å²) in [7, 11) is 0. The fourth-order valence-electron chi connectivity index (χ4n) is 20.3. The van der Waals surface area contributed by atoms with E-state index >= 15 is 0 Å². The molecule has 6 nitrogen and oxygen atoms in total. The Bertz CT molecular complexity index is 7610. The molecule has 0 unspecified atom stereocenters. The van der Waals surface area contributed by atoms with Crippen molar-refractivity contribution in [1.82, 2.24) is 28.2 Å². The van der Waals surface area contributed by atoms with Gasteiger partial charge in [-0.3, -0.25) is 13.2 Å². The highest BCUT2D eigenvalue weighted by Crippen LogP contribution is 2.53. The van der Waals surface area contributed by atoms with Gasteiger partial charge in [-0.1, -0.05) is 432 Å². The lowest BCUT2D eigenvalue weighted by Crippen LogP contribution is -1.97. The Morgan fingerprint density at radius 1 is 0.163 bits per heavy atom. The largest absolute Gasteiger partial charge is 0.292 e. The molecule has 696 valence electrons. The first-order chi connectivity index (χ1) is 67.1. The Balaban J connectivity index is 0.000000184. The maximum atomic E-state index is 5.23. The van der Waals surface area contributed by atoms with Gasteiger partial charge >= 0.3 is 0 Å². The van der Waals surface area contributed by atoms with Crippen molar-refractivity contribution in [1.29, 1.82) is 0 Å². The van der Waals surface area contributed by atoms with Gasteiger partial charge in [-0.2, -0.15) is 0 Å². The van der Waals surface area contributed by atoms with E-state index in [0.717, 1.165) is 72.0 Å². The van der Waals surface area contributed by atoms with Crippen LogP contribution in [0.1, 0.15) is 274 Å². The van der Waals surface area contributed by atoms with Crippen LogP contribution in [0.15, 0.2) is 291 Å². The minimum Gasteiger partial charge on any atom is -0.292 e. The number of rotatable bonds is 0. The summed E-state index contributed by atoms with van der Waals surface area (Å²) >= 11 is 0. The van der Waals surface area contributed by atoms with Crippen LogP contribution in [0.25, 0.3) is 182 Å². The topological polar surface area (TPSA) is 51.9 Å². The summed E-state index contributed by atoms with van der Waals surface area (Å²) in [5.74, 6) is 0. The average Bonchev–Trinajstić information content (AvgIpc) is 1.56. The predicted molar refractivity (Wildman–Crippen MR) is 603 cm³/mol. The van der Waals surface area contributed by atoms with E-state index in [1.807, 2.05) is 208 Å². The maximum absolute atomic E-state index is 5.23. The molecule has 6 aliphatic rings. The number of para-hydroxylation sites is 6. The van der Waals surface area contributed by atoms with Gasteiger partial charge in [0.05, 0.1) is 49.7 Å². The molecule has 6 aliphatic carbocycles. The van der Waals surface area contributed by atoms with Crippen LogP contribution in [0.5, 0.6) is 0 Å². The van der Waals surface area contributed by atoms with Crippen LogP contribution >= 0.6 is 0 Å². The summed E-state index contributed by atoms with van der Waals surface area (Å²) < 4.78 is 7.22. The van der Waals surface area contributed by atoms with Crippen molar-refractivity contribution in [2.75, 3.05) is 0 Å². The van der Waals surface area contributed by atoms with Gasteiger partial charge in [0.25, 0.3) is 0 Å². The summed E-state index contributed by atoms with van der Waals surface area (Å²) in [6, 6.07) is 107. The van der Waals surface area contributed by atoms with E-state index in [1.165, 1.54) is 215 Å². The zero-order valence-corrected chi connectivity index (χ0v) is 87.1. The number of benzene rings is 15. The highest BCUT2D eigenvalue weighted by molar-refractivity contribution is 6.24. The average molecular weight is 1780 g/mol. The van der Waals surface area contributed by atoms with Crippen molar-refractivity contribution in [3.05, 3.63) is 358 Å². The lowest BCUT2D eigenvalue weighted by Gasteiger charge is -2.16. The summed E-state index contributed by atoms with van der Waals surface area (Å²) in [6.45, 7) is 60.0. The van der Waals surface area contributed by atoms with Gasteiger partial charge in [-0.25, -0.2) is 15.0 Å². The second-order valence-electron chi connectivity index (χ2n) is 29.8. The third kappa shape index (κ3) is 18.1. The van der Waals surface area contributed by atoms with Crippen LogP contribution in [0.3, 0.4) is 0 Å². The van der Waals surface area contributed by atoms with Crippen LogP contribution < -0.4 is 0 Å². The highest BCUT2D eigenvalue weighted by Gasteiger charge is 2.33. The molecule has 0 aliphatic heterocycles. The fraction of sp³-hybridized carbons (Fsp3) is 0.279. The van der Waals surface area contributed by atoms with E-state index in [1.54, 1.807) is 0 Å². The molecule has 0 saturated carbocycles. The quantitative estimate of drug-likeness (QED) is 0.142. The highest BCUT2D eigenvalue weighted by atomic mass is 15.0. The first-order valence-electron chi connectivity index (χ1n) is 52.0. The molecule has 0 radical (unpaired) electrons. The Labute approximate surface area is 808 Å². The SMILES string of the molecule is CC.CC.CC.CC.CC.CC.CC.CC.CC.CC.CC.CC.CC.CC.CC.c1ccc2c(c1)Cc1c-2ccc2c1c1ccc3c(c1c1nc4ccccc4n21)Cc1ccccc1-3.c1ccc2c(c1)Cc1c-2ccc2c3c4c(ccc3n3c5ccccc5nc3c12)Cc1ccccc1-4.c1ccc2c(c1)Cc1cc3c4c5c(ccc4c4nc6ccccc6n4c3cc1-2)-c1ccccc1C5. The van der Waals surface area contributed by atoms with Crippen molar-refractivity contribution >= 4 is 115 Å². The van der Waals surface area contributed by atoms with Gasteiger partial charge in [-0.15, -0.1) is 0 Å². The molecule has 27 rings (SSSR count). The van der Waals surface area contributed by atoms with Crippen molar-refractivity contribution in [2.24, 2.45) is 0 Å². The Morgan fingerprint density at radius 3 is 0.837 bits per heavy atom. The van der Waals surface area contributed by atoms with Gasteiger partial charge in [-0.05, 0) is 255 Å². The van der Waals surface area contributed by atoms with Gasteiger partial charge in [0.1, 0.15) is 16.9 Å². The number of fused-ring (bicyclic) bond motifs is 47. The molecule has 15 aromatic carbocycles. The van der Waals surface area contributed by atoms with Crippen molar-refractivity contribution in [3.8, 4) is 66.8 Å². The van der Waals surface area contributed by atoms with Crippen LogP contribution in [0.2, 0.25) is 0 Å². The molecule has 6 heteroatoms. The normalized spacial score (nSPS) is 11.2. The van der Waals surface area contributed by atoms with E-state index in [9.17, 15) is 0 Å². The molecule has 6 heterocycles. The monoisotopic (exact) mass is 1780 g/mol. The van der Waals surface area contributed by atoms with Crippen molar-refractivity contribution in [2.45, 2.75) is 246 Å². The molecular weight excluding hydrogens is 1630 g/mol. The van der Waals surface area contributed by atoms with E-state index in [2.05, 4.69) is 304 Å². The Hall–Kier alpha value is -13.3. The molecule has 0 bridgehead atoms. The van der Waals surface area contributed by atoms with E-state index in [-0.39, 0.29) is 0 Å². The lowest BCUT2D eigenvalue weighted by atomic mass is 9.92. The second-order valence-corrected chi connectivity index (χ2v) is 29.8. The smallest absolute Gasteiger partial charge is 0.146 e. The first kappa shape index (κ1) is 104. The molecule has 0 spiro atoms. The molecule has 6 aromatic heterocycles. The first-order valence-corrected chi connectivity index (χ1v) is 52.0. The fourth-order valence-corrected chi connectivity index (χ4v) is 20.3. The molecule has 0 fully saturated rings. The van der Waals surface area contributed by atoms with E-state index in [0.29, 0.717) is 0 Å². The van der Waals surface area contributed by atoms with Crippen molar-refractivity contribution < 1.29 is 0 Å². The zero-order valence-electron chi connectivity index (χ0n) is 87.1. The third-order valence-corrected chi connectivity index (χ3v) is 24.7. The van der Waals surface area contributed by atoms with Gasteiger partial charge in [0.15, 0.2) is 0 Å². The molecule has 21 aromatic rings. The second kappa shape index (κ2) is 49.1. The predicted octanol–water partition coefficient (Wildman–Crippen LogP) is 39.2. The summed E-state index contributed by atoms with van der Waals surface area (Å²) in [6.07, 6.45) is 5.88. The number of nitrogens with zero attached hydrogens (tertiary/aromatic N) is 6. The van der Waals surface area contributed by atoms with Gasteiger partial charge < -0.3 is 0 Å². The Morgan fingerprint density at radius 2 is 0.437 bits per heavy atom. The molecule has 0 atom stereocenters. The standard InChI is InChI=1S/3C33H20N2.15C2H6/c1-4-10-23-19(7-1)15-21-17-28-31(18-26(21)23)35-30-12-6-5-11-29(30)34-33(35)25-14-13-24-22-9-3-2-8-20(22)16-27(24)32(25)28;1-4-10-22-19(7-1)17-26-24(22)15-16-30-31(26)25-14-13-23-21-9-3-2-8-20(21)18-27(23)32(25)33-34-28-11-5-6-12-29(28)35(30)33;1-3-9-22-20(8-1)18-26-24(22)14-15-25-31(26)33-34-27-11-5-6-12-28(27)35(33)29-16-13-21-17-19-7-2-4-10-23(19)30(21)32(25)29;15*1-2/h1-14,17-18H,15-16H2;2*1-16H,17-18H2;15*1-2H3. The van der Waals surface area contributed by atoms with Crippen LogP contribution in [0.4, 0.5) is 0 Å². The number of imidazole rings is 3. The number of pyridine rings is 3. The maximum Gasteiger partial charge on any atom is 0.146 e. The molecule has 0 amide bonds. The molecule has 0 N–H and O–H groups in total. The van der Waals surface area contributed by atoms with Crippen LogP contribution in [0, 0.1) is 0 Å². The number of hydrogen-bond donors (Lipinski definition) is 0. The minimum atomic E-state index is 0.957. The Kier molecular flexibility index (Phi) is 37.7. The van der Waals surface area contributed by atoms with E-state index in [4.69, 9.17) is 15.0 Å². The third-order valence-electron chi connectivity index (χ3n) is 24.7. The van der Waals surface area contributed by atoms with E-state index < -0.39 is 0 Å². The lowest BCUT2D eigenvalue weighted by molar-refractivity contribution is 1.25. The minimum absolute atomic E-state index is 0.957. The van der Waals surface area contributed by atoms with Crippen LogP contribution in [-0.2, 0) is 38.5 Å². The molecular formula is C129H150N6. The van der Waals surface area contributed by atoms with Crippen LogP contribution in [-0.4, -0.2) is 28.2 Å². The van der Waals surface area contributed by atoms with Crippen molar-refractivity contribution in [3.63, 3.8) is 0 Å². The number of hydrogen-bond acceptors (Lipinski definition) is 3. The molecule has 0 saturated heterocycles.